The van der Waals surface area contributed by atoms with Gasteiger partial charge in [-0.15, -0.1) is 0 Å². The fraction of sp³-hybridized carbons (Fsp3) is 0.579. The first-order valence-corrected chi connectivity index (χ1v) is 8.81. The first-order valence-electron chi connectivity index (χ1n) is 8.81. The number of carbonyl (C=O) groups excluding carboxylic acids is 1. The number of aliphatic carboxylic acids is 1. The predicted octanol–water partition coefficient (Wildman–Crippen LogP) is 2.70. The Bertz CT molecular complexity index is 574. The third-order valence-electron chi connectivity index (χ3n) is 5.25. The van der Waals surface area contributed by atoms with Gasteiger partial charge in [0.1, 0.15) is 6.04 Å². The zero-order chi connectivity index (χ0) is 16.9. The molecule has 1 aliphatic carbocycles. The van der Waals surface area contributed by atoms with Gasteiger partial charge in [0.2, 0.25) is 5.91 Å². The summed E-state index contributed by atoms with van der Waals surface area (Å²) >= 11 is 0. The molecule has 2 aliphatic rings. The first-order chi connectivity index (χ1) is 11.7. The molecule has 2 fully saturated rings. The summed E-state index contributed by atoms with van der Waals surface area (Å²) in [6.45, 7) is 1.67. The Labute approximate surface area is 142 Å². The highest BCUT2D eigenvalue weighted by atomic mass is 16.5. The average molecular weight is 331 g/mol. The molecule has 0 spiro atoms. The van der Waals surface area contributed by atoms with E-state index >= 15 is 0 Å². The lowest BCUT2D eigenvalue weighted by molar-refractivity contribution is -0.149. The smallest absolute Gasteiger partial charge is 0.326 e. The third-order valence-corrected chi connectivity index (χ3v) is 5.25. The largest absolute Gasteiger partial charge is 0.480 e. The molecule has 1 aromatic rings. The van der Waals surface area contributed by atoms with Crippen LogP contribution in [-0.4, -0.2) is 41.1 Å². The molecule has 0 aromatic heterocycles. The zero-order valence-corrected chi connectivity index (χ0v) is 13.9. The molecule has 1 N–H and O–H groups in total. The van der Waals surface area contributed by atoms with E-state index in [-0.39, 0.29) is 11.8 Å². The van der Waals surface area contributed by atoms with Crippen LogP contribution in [0.3, 0.4) is 0 Å². The summed E-state index contributed by atoms with van der Waals surface area (Å²) in [5.74, 6) is -0.358. The highest BCUT2D eigenvalue weighted by molar-refractivity contribution is 5.84. The summed E-state index contributed by atoms with van der Waals surface area (Å²) < 4.78 is 5.59. The van der Waals surface area contributed by atoms with E-state index in [1.54, 1.807) is 4.90 Å². The molecule has 5 heteroatoms. The van der Waals surface area contributed by atoms with Gasteiger partial charge in [-0.2, -0.15) is 0 Å². The molecule has 3 atom stereocenters. The van der Waals surface area contributed by atoms with Crippen molar-refractivity contribution in [1.82, 2.24) is 4.90 Å². The summed E-state index contributed by atoms with van der Waals surface area (Å²) in [7, 11) is 0. The predicted molar refractivity (Wildman–Crippen MR) is 89.3 cm³/mol. The van der Waals surface area contributed by atoms with Gasteiger partial charge in [0, 0.05) is 19.6 Å². The van der Waals surface area contributed by atoms with Crippen LogP contribution in [0, 0.1) is 11.8 Å². The molecule has 3 unspecified atom stereocenters. The number of rotatable bonds is 7. The van der Waals surface area contributed by atoms with Gasteiger partial charge >= 0.3 is 5.97 Å². The van der Waals surface area contributed by atoms with E-state index in [4.69, 9.17) is 4.74 Å². The van der Waals surface area contributed by atoms with Gasteiger partial charge in [-0.3, -0.25) is 4.79 Å². The second-order valence-electron chi connectivity index (χ2n) is 6.83. The maximum atomic E-state index is 12.4. The van der Waals surface area contributed by atoms with E-state index in [1.807, 2.05) is 30.3 Å². The quantitative estimate of drug-likeness (QED) is 0.780. The average Bonchev–Trinajstić information content (AvgIpc) is 3.15. The Morgan fingerprint density at radius 3 is 2.75 bits per heavy atom. The number of amides is 1. The molecule has 1 aliphatic heterocycles. The van der Waals surface area contributed by atoms with Crippen molar-refractivity contribution in [3.8, 4) is 0 Å². The van der Waals surface area contributed by atoms with Crippen LogP contribution in [0.4, 0.5) is 0 Å². The maximum Gasteiger partial charge on any atom is 0.326 e. The molecule has 130 valence electrons. The number of likely N-dealkylation sites (tertiary alicyclic amines) is 1. The van der Waals surface area contributed by atoms with Crippen molar-refractivity contribution in [1.29, 1.82) is 0 Å². The van der Waals surface area contributed by atoms with Crippen molar-refractivity contribution >= 4 is 11.9 Å². The van der Waals surface area contributed by atoms with Crippen molar-refractivity contribution in [2.45, 2.75) is 44.8 Å². The second-order valence-corrected chi connectivity index (χ2v) is 6.83. The van der Waals surface area contributed by atoms with Gasteiger partial charge in [0.25, 0.3) is 0 Å². The summed E-state index contributed by atoms with van der Waals surface area (Å²) in [6.07, 6.45) is 4.07. The van der Waals surface area contributed by atoms with E-state index in [0.29, 0.717) is 38.5 Å². The fourth-order valence-electron chi connectivity index (χ4n) is 4.11. The van der Waals surface area contributed by atoms with Gasteiger partial charge in [0.05, 0.1) is 6.61 Å². The highest BCUT2D eigenvalue weighted by Gasteiger charge is 2.49. The molecule has 5 nitrogen and oxygen atoms in total. The van der Waals surface area contributed by atoms with Crippen molar-refractivity contribution < 1.29 is 19.4 Å². The summed E-state index contributed by atoms with van der Waals surface area (Å²) in [5, 5.41) is 9.50. The fourth-order valence-corrected chi connectivity index (χ4v) is 4.11. The van der Waals surface area contributed by atoms with Crippen LogP contribution in [0.25, 0.3) is 0 Å². The Morgan fingerprint density at radius 2 is 2.00 bits per heavy atom. The van der Waals surface area contributed by atoms with Crippen LogP contribution in [-0.2, 0) is 20.9 Å². The molecule has 1 saturated carbocycles. The molecule has 24 heavy (non-hydrogen) atoms. The van der Waals surface area contributed by atoms with Gasteiger partial charge in [-0.25, -0.2) is 4.79 Å². The SMILES string of the molecule is O=C(O)C1C2CCCC2CN1C(=O)CCCOCc1ccccc1. The number of fused-ring (bicyclic) bond motifs is 1. The minimum absolute atomic E-state index is 0.0416. The van der Waals surface area contributed by atoms with Gasteiger partial charge in [0.15, 0.2) is 0 Å². The summed E-state index contributed by atoms with van der Waals surface area (Å²) in [4.78, 5) is 25.6. The van der Waals surface area contributed by atoms with Gasteiger partial charge in [-0.1, -0.05) is 36.8 Å². The van der Waals surface area contributed by atoms with Crippen LogP contribution in [0.2, 0.25) is 0 Å². The Balaban J connectivity index is 1.42. The van der Waals surface area contributed by atoms with E-state index in [9.17, 15) is 14.7 Å². The number of benzene rings is 1. The van der Waals surface area contributed by atoms with E-state index in [1.165, 1.54) is 0 Å². The number of carboxylic acid groups (broad SMARTS) is 1. The maximum absolute atomic E-state index is 12.4. The highest BCUT2D eigenvalue weighted by Crippen LogP contribution is 2.42. The first kappa shape index (κ1) is 17.0. The third kappa shape index (κ3) is 3.78. The van der Waals surface area contributed by atoms with Crippen molar-refractivity contribution in [2.24, 2.45) is 11.8 Å². The zero-order valence-electron chi connectivity index (χ0n) is 13.9. The monoisotopic (exact) mass is 331 g/mol. The number of carboxylic acids is 1. The Morgan fingerprint density at radius 1 is 1.21 bits per heavy atom. The van der Waals surface area contributed by atoms with Crippen LogP contribution < -0.4 is 0 Å². The number of carbonyl (C=O) groups is 2. The van der Waals surface area contributed by atoms with Gasteiger partial charge < -0.3 is 14.7 Å². The minimum Gasteiger partial charge on any atom is -0.480 e. The summed E-state index contributed by atoms with van der Waals surface area (Å²) in [6, 6.07) is 9.30. The summed E-state index contributed by atoms with van der Waals surface area (Å²) in [5.41, 5.74) is 1.11. The molecule has 1 aromatic carbocycles. The van der Waals surface area contributed by atoms with E-state index in [0.717, 1.165) is 24.8 Å². The molecular weight excluding hydrogens is 306 g/mol. The van der Waals surface area contributed by atoms with Crippen LogP contribution in [0.15, 0.2) is 30.3 Å². The lowest BCUT2D eigenvalue weighted by atomic mass is 9.94. The lowest BCUT2D eigenvalue weighted by Crippen LogP contribution is -2.43. The molecule has 3 rings (SSSR count). The Kier molecular flexibility index (Phi) is 5.51. The second kappa shape index (κ2) is 7.79. The molecule has 0 bridgehead atoms. The van der Waals surface area contributed by atoms with Crippen LogP contribution in [0.1, 0.15) is 37.7 Å². The van der Waals surface area contributed by atoms with Gasteiger partial charge in [-0.05, 0) is 36.7 Å². The van der Waals surface area contributed by atoms with E-state index in [2.05, 4.69) is 0 Å². The lowest BCUT2D eigenvalue weighted by Gasteiger charge is -2.24. The standard InChI is InChI=1S/C19H25NO4/c21-17(10-5-11-24-13-14-6-2-1-3-7-14)20-12-15-8-4-9-16(15)18(20)19(22)23/h1-3,6-7,15-16,18H,4-5,8-13H2,(H,22,23). The van der Waals surface area contributed by atoms with Crippen molar-refractivity contribution in [3.63, 3.8) is 0 Å². The number of nitrogens with zero attached hydrogens (tertiary/aromatic N) is 1. The molecule has 1 saturated heterocycles. The molecular formula is C19H25NO4. The normalized spacial score (nSPS) is 25.7. The molecule has 0 radical (unpaired) electrons. The molecule has 1 amide bonds. The number of hydrogen-bond acceptors (Lipinski definition) is 3. The number of ether oxygens (including phenoxy) is 1. The topological polar surface area (TPSA) is 66.8 Å². The Hall–Kier alpha value is -1.88. The van der Waals surface area contributed by atoms with E-state index < -0.39 is 12.0 Å². The van der Waals surface area contributed by atoms with Crippen LogP contribution in [0.5, 0.6) is 0 Å². The number of hydrogen-bond donors (Lipinski definition) is 1. The van der Waals surface area contributed by atoms with Crippen LogP contribution >= 0.6 is 0 Å². The van der Waals surface area contributed by atoms with Crippen molar-refractivity contribution in [2.75, 3.05) is 13.2 Å². The van der Waals surface area contributed by atoms with Crippen molar-refractivity contribution in [3.05, 3.63) is 35.9 Å². The molecule has 1 heterocycles. The minimum atomic E-state index is -0.849.